The zero-order valence-electron chi connectivity index (χ0n) is 11.1. The molecule has 1 spiro atoms. The number of methoxy groups -OCH3 is 1. The molecule has 2 heterocycles. The monoisotopic (exact) mass is 278 g/mol. The predicted octanol–water partition coefficient (Wildman–Crippen LogP) is 2.42. The standard InChI is InChI=1S/C15H19ClN2O/c1-19-14(10-2-4-11(16)5-3-10)17-13-9-18-7-6-15(18)8-12(13)15/h2-5,12-14,17H,6-9H2,1H3. The Bertz CT molecular complexity index is 491. The van der Waals surface area contributed by atoms with Gasteiger partial charge in [-0.3, -0.25) is 10.2 Å². The van der Waals surface area contributed by atoms with Gasteiger partial charge in [0, 0.05) is 36.8 Å². The van der Waals surface area contributed by atoms with Gasteiger partial charge < -0.3 is 4.74 Å². The van der Waals surface area contributed by atoms with Crippen LogP contribution in [0.3, 0.4) is 0 Å². The normalized spacial score (nSPS) is 37.4. The highest BCUT2D eigenvalue weighted by atomic mass is 35.5. The van der Waals surface area contributed by atoms with Gasteiger partial charge in [-0.15, -0.1) is 0 Å². The zero-order valence-corrected chi connectivity index (χ0v) is 11.9. The lowest BCUT2D eigenvalue weighted by Crippen LogP contribution is -2.48. The number of rotatable bonds is 4. The van der Waals surface area contributed by atoms with Crippen LogP contribution >= 0.6 is 11.6 Å². The maximum atomic E-state index is 5.94. The van der Waals surface area contributed by atoms with Crippen molar-refractivity contribution in [3.63, 3.8) is 0 Å². The fourth-order valence-electron chi connectivity index (χ4n) is 3.99. The minimum absolute atomic E-state index is 0.0291. The minimum atomic E-state index is -0.0291. The molecule has 19 heavy (non-hydrogen) atoms. The Balaban J connectivity index is 1.47. The number of halogens is 1. The first kappa shape index (κ1) is 12.2. The van der Waals surface area contributed by atoms with Crippen molar-refractivity contribution in [3.8, 4) is 0 Å². The summed E-state index contributed by atoms with van der Waals surface area (Å²) in [5, 5.41) is 4.45. The average Bonchev–Trinajstić information content (AvgIpc) is 3.13. The maximum Gasteiger partial charge on any atom is 0.134 e. The third kappa shape index (κ3) is 1.76. The van der Waals surface area contributed by atoms with E-state index in [1.54, 1.807) is 7.11 Å². The molecule has 1 saturated carbocycles. The summed E-state index contributed by atoms with van der Waals surface area (Å²) in [5.41, 5.74) is 1.74. The summed E-state index contributed by atoms with van der Waals surface area (Å²) in [6.45, 7) is 2.46. The van der Waals surface area contributed by atoms with E-state index >= 15 is 0 Å². The number of benzene rings is 1. The van der Waals surface area contributed by atoms with E-state index in [-0.39, 0.29) is 6.23 Å². The Labute approximate surface area is 118 Å². The first-order chi connectivity index (χ1) is 9.23. The van der Waals surface area contributed by atoms with Crippen LogP contribution in [-0.4, -0.2) is 36.7 Å². The second-order valence-corrected chi connectivity index (χ2v) is 6.49. The van der Waals surface area contributed by atoms with E-state index in [1.807, 2.05) is 24.3 Å². The second-order valence-electron chi connectivity index (χ2n) is 6.05. The molecule has 4 atom stereocenters. The summed E-state index contributed by atoms with van der Waals surface area (Å²) >= 11 is 5.94. The summed E-state index contributed by atoms with van der Waals surface area (Å²) in [4.78, 5) is 2.64. The highest BCUT2D eigenvalue weighted by Crippen LogP contribution is 2.62. The average molecular weight is 279 g/mol. The lowest BCUT2D eigenvalue weighted by Gasteiger charge is -2.38. The van der Waals surface area contributed by atoms with E-state index < -0.39 is 0 Å². The summed E-state index contributed by atoms with van der Waals surface area (Å²) in [6, 6.07) is 8.49. The Kier molecular flexibility index (Phi) is 2.68. The molecule has 1 N–H and O–H groups in total. The molecule has 1 aromatic carbocycles. The third-order valence-corrected chi connectivity index (χ3v) is 5.48. The highest BCUT2D eigenvalue weighted by Gasteiger charge is 2.70. The lowest BCUT2D eigenvalue weighted by atomic mass is 10.0. The van der Waals surface area contributed by atoms with Gasteiger partial charge in [-0.25, -0.2) is 0 Å². The number of piperidine rings is 1. The van der Waals surface area contributed by atoms with Crippen LogP contribution in [-0.2, 0) is 4.74 Å². The van der Waals surface area contributed by atoms with Crippen molar-refractivity contribution in [2.75, 3.05) is 20.2 Å². The van der Waals surface area contributed by atoms with Crippen molar-refractivity contribution in [1.29, 1.82) is 0 Å². The Morgan fingerprint density at radius 3 is 2.68 bits per heavy atom. The molecular weight excluding hydrogens is 260 g/mol. The van der Waals surface area contributed by atoms with Crippen LogP contribution in [0.4, 0.5) is 0 Å². The molecule has 3 nitrogen and oxygen atoms in total. The fraction of sp³-hybridized carbons (Fsp3) is 0.600. The van der Waals surface area contributed by atoms with Gasteiger partial charge >= 0.3 is 0 Å². The molecule has 2 saturated heterocycles. The van der Waals surface area contributed by atoms with E-state index in [1.165, 1.54) is 25.9 Å². The molecule has 1 aromatic rings. The molecule has 0 radical (unpaired) electrons. The van der Waals surface area contributed by atoms with Crippen molar-refractivity contribution >= 4 is 11.6 Å². The quantitative estimate of drug-likeness (QED) is 0.856. The Morgan fingerprint density at radius 1 is 1.42 bits per heavy atom. The Hall–Kier alpha value is -0.610. The SMILES string of the molecule is COC(NC1CN2CCC23CC13)c1ccc(Cl)cc1. The first-order valence-electron chi connectivity index (χ1n) is 7.02. The summed E-state index contributed by atoms with van der Waals surface area (Å²) in [5.74, 6) is 0.839. The van der Waals surface area contributed by atoms with Gasteiger partial charge in [0.1, 0.15) is 6.23 Å². The van der Waals surface area contributed by atoms with Gasteiger partial charge in [-0.1, -0.05) is 23.7 Å². The van der Waals surface area contributed by atoms with E-state index in [0.717, 1.165) is 16.5 Å². The van der Waals surface area contributed by atoms with E-state index in [4.69, 9.17) is 16.3 Å². The number of hydrogen-bond acceptors (Lipinski definition) is 3. The summed E-state index contributed by atoms with van der Waals surface area (Å²) < 4.78 is 5.62. The maximum absolute atomic E-state index is 5.94. The van der Waals surface area contributed by atoms with Gasteiger partial charge in [-0.2, -0.15) is 0 Å². The molecule has 4 heteroatoms. The van der Waals surface area contributed by atoms with Crippen LogP contribution in [0.2, 0.25) is 5.02 Å². The van der Waals surface area contributed by atoms with Crippen LogP contribution < -0.4 is 5.32 Å². The summed E-state index contributed by atoms with van der Waals surface area (Å²) in [6.07, 6.45) is 2.74. The van der Waals surface area contributed by atoms with Gasteiger partial charge in [0.25, 0.3) is 0 Å². The molecule has 2 aliphatic heterocycles. The molecule has 0 bridgehead atoms. The molecule has 102 valence electrons. The Morgan fingerprint density at radius 2 is 2.21 bits per heavy atom. The van der Waals surface area contributed by atoms with Gasteiger partial charge in [0.05, 0.1) is 0 Å². The molecule has 1 aliphatic carbocycles. The van der Waals surface area contributed by atoms with Crippen LogP contribution in [0.5, 0.6) is 0 Å². The van der Waals surface area contributed by atoms with Crippen LogP contribution in [0.1, 0.15) is 24.6 Å². The zero-order chi connectivity index (χ0) is 13.0. The van der Waals surface area contributed by atoms with Gasteiger partial charge in [0.15, 0.2) is 0 Å². The molecule has 0 amide bonds. The number of nitrogens with one attached hydrogen (secondary N) is 1. The molecule has 3 fully saturated rings. The molecule has 4 rings (SSSR count). The lowest BCUT2D eigenvalue weighted by molar-refractivity contribution is 0.0556. The first-order valence-corrected chi connectivity index (χ1v) is 7.40. The van der Waals surface area contributed by atoms with Crippen molar-refractivity contribution in [2.45, 2.75) is 30.7 Å². The number of nitrogens with zero attached hydrogens (tertiary/aromatic N) is 1. The van der Waals surface area contributed by atoms with Crippen LogP contribution in [0, 0.1) is 5.92 Å². The van der Waals surface area contributed by atoms with E-state index in [0.29, 0.717) is 11.6 Å². The largest absolute Gasteiger partial charge is 0.362 e. The molecule has 3 aliphatic rings. The van der Waals surface area contributed by atoms with Crippen LogP contribution in [0.15, 0.2) is 24.3 Å². The van der Waals surface area contributed by atoms with Crippen LogP contribution in [0.25, 0.3) is 0 Å². The van der Waals surface area contributed by atoms with Crippen molar-refractivity contribution < 1.29 is 4.74 Å². The van der Waals surface area contributed by atoms with E-state index in [2.05, 4.69) is 10.2 Å². The van der Waals surface area contributed by atoms with Crippen molar-refractivity contribution in [3.05, 3.63) is 34.9 Å². The third-order valence-electron chi connectivity index (χ3n) is 5.22. The predicted molar refractivity (Wildman–Crippen MR) is 75.2 cm³/mol. The topological polar surface area (TPSA) is 24.5 Å². The van der Waals surface area contributed by atoms with Gasteiger partial charge in [-0.05, 0) is 36.5 Å². The molecular formula is C15H19ClN2O. The number of hydrogen-bond donors (Lipinski definition) is 1. The molecule has 4 unspecified atom stereocenters. The fourth-order valence-corrected chi connectivity index (χ4v) is 4.11. The van der Waals surface area contributed by atoms with Crippen molar-refractivity contribution in [1.82, 2.24) is 10.2 Å². The van der Waals surface area contributed by atoms with Crippen molar-refractivity contribution in [2.24, 2.45) is 5.92 Å². The highest BCUT2D eigenvalue weighted by molar-refractivity contribution is 6.30. The van der Waals surface area contributed by atoms with Gasteiger partial charge in [0.2, 0.25) is 0 Å². The molecule has 0 aromatic heterocycles. The van der Waals surface area contributed by atoms with E-state index in [9.17, 15) is 0 Å². The summed E-state index contributed by atoms with van der Waals surface area (Å²) in [7, 11) is 1.76. The number of ether oxygens (including phenoxy) is 1. The second kappa shape index (κ2) is 4.19. The minimum Gasteiger partial charge on any atom is -0.362 e. The smallest absolute Gasteiger partial charge is 0.134 e.